The molecule has 8 heteroatoms. The quantitative estimate of drug-likeness (QED) is 0.656. The molecular formula is C22H25N5O2S. The van der Waals surface area contributed by atoms with Crippen LogP contribution in [0, 0.1) is 0 Å². The minimum absolute atomic E-state index is 0.223. The smallest absolute Gasteiger partial charge is 0.261 e. The lowest BCUT2D eigenvalue weighted by atomic mass is 10.2. The van der Waals surface area contributed by atoms with Crippen LogP contribution in [0.15, 0.2) is 71.9 Å². The maximum absolute atomic E-state index is 12.6. The third-order valence-corrected chi connectivity index (χ3v) is 6.61. The first-order valence-corrected chi connectivity index (χ1v) is 11.5. The zero-order valence-corrected chi connectivity index (χ0v) is 17.7. The summed E-state index contributed by atoms with van der Waals surface area (Å²) in [4.78, 5) is 13.4. The first-order valence-electron chi connectivity index (χ1n) is 10.0. The molecule has 0 bridgehead atoms. The number of sulfonamides is 1. The van der Waals surface area contributed by atoms with Crippen LogP contribution in [0.3, 0.4) is 0 Å². The van der Waals surface area contributed by atoms with Crippen molar-refractivity contribution in [1.82, 2.24) is 9.97 Å². The fourth-order valence-corrected chi connectivity index (χ4v) is 4.49. The van der Waals surface area contributed by atoms with Gasteiger partial charge in [-0.15, -0.1) is 0 Å². The predicted molar refractivity (Wildman–Crippen MR) is 120 cm³/mol. The Kier molecular flexibility index (Phi) is 5.85. The zero-order chi connectivity index (χ0) is 21.0. The minimum atomic E-state index is -3.66. The van der Waals surface area contributed by atoms with Gasteiger partial charge in [-0.3, -0.25) is 4.72 Å². The maximum atomic E-state index is 12.6. The summed E-state index contributed by atoms with van der Waals surface area (Å²) in [6, 6.07) is 17.2. The van der Waals surface area contributed by atoms with Gasteiger partial charge in [0.05, 0.1) is 23.0 Å². The molecule has 3 aromatic rings. The lowest BCUT2D eigenvalue weighted by Gasteiger charge is -2.36. The Bertz CT molecular complexity index is 1060. The largest absolute Gasteiger partial charge is 0.368 e. The Morgan fingerprint density at radius 2 is 1.47 bits per heavy atom. The van der Waals surface area contributed by atoms with Crippen LogP contribution in [0.4, 0.5) is 17.3 Å². The van der Waals surface area contributed by atoms with Crippen molar-refractivity contribution in [2.24, 2.45) is 0 Å². The van der Waals surface area contributed by atoms with E-state index in [-0.39, 0.29) is 4.90 Å². The molecule has 1 N–H and O–H groups in total. The van der Waals surface area contributed by atoms with Crippen molar-refractivity contribution in [3.8, 4) is 0 Å². The van der Waals surface area contributed by atoms with Gasteiger partial charge in [0, 0.05) is 31.9 Å². The molecular weight excluding hydrogens is 398 g/mol. The van der Waals surface area contributed by atoms with E-state index >= 15 is 0 Å². The molecule has 1 fully saturated rings. The molecule has 0 spiro atoms. The Hall–Kier alpha value is -3.13. The number of aromatic nitrogens is 2. The summed E-state index contributed by atoms with van der Waals surface area (Å²) in [5, 5.41) is 0. The van der Waals surface area contributed by atoms with Crippen molar-refractivity contribution in [3.05, 3.63) is 72.6 Å². The van der Waals surface area contributed by atoms with Crippen LogP contribution in [0.1, 0.15) is 12.5 Å². The van der Waals surface area contributed by atoms with Gasteiger partial charge in [0.1, 0.15) is 0 Å². The summed E-state index contributed by atoms with van der Waals surface area (Å²) in [6.07, 6.45) is 3.90. The number of hydrogen-bond donors (Lipinski definition) is 1. The van der Waals surface area contributed by atoms with Gasteiger partial charge in [-0.05, 0) is 36.2 Å². The Labute approximate surface area is 177 Å². The van der Waals surface area contributed by atoms with Gasteiger partial charge >= 0.3 is 0 Å². The maximum Gasteiger partial charge on any atom is 0.261 e. The summed E-state index contributed by atoms with van der Waals surface area (Å²) in [6.45, 7) is 5.42. The number of nitrogens with zero attached hydrogens (tertiary/aromatic N) is 4. The van der Waals surface area contributed by atoms with E-state index in [1.165, 1.54) is 18.1 Å². The van der Waals surface area contributed by atoms with Gasteiger partial charge in [0.25, 0.3) is 10.0 Å². The average molecular weight is 424 g/mol. The van der Waals surface area contributed by atoms with Crippen LogP contribution in [0.5, 0.6) is 0 Å². The topological polar surface area (TPSA) is 78.4 Å². The number of piperazine rings is 1. The molecule has 0 amide bonds. The number of para-hydroxylation sites is 1. The molecule has 0 saturated carbocycles. The van der Waals surface area contributed by atoms with E-state index in [9.17, 15) is 8.42 Å². The molecule has 0 unspecified atom stereocenters. The number of rotatable bonds is 6. The molecule has 2 heterocycles. The molecule has 1 aromatic heterocycles. The molecule has 1 aliphatic heterocycles. The molecule has 30 heavy (non-hydrogen) atoms. The van der Waals surface area contributed by atoms with Crippen LogP contribution in [0.25, 0.3) is 0 Å². The Morgan fingerprint density at radius 3 is 2.07 bits per heavy atom. The van der Waals surface area contributed by atoms with Crippen molar-refractivity contribution in [1.29, 1.82) is 0 Å². The fourth-order valence-electron chi connectivity index (χ4n) is 3.46. The van der Waals surface area contributed by atoms with Crippen LogP contribution in [-0.2, 0) is 16.4 Å². The normalized spacial score (nSPS) is 14.6. The van der Waals surface area contributed by atoms with E-state index in [0.29, 0.717) is 11.6 Å². The molecule has 0 atom stereocenters. The second-order valence-corrected chi connectivity index (χ2v) is 8.87. The van der Waals surface area contributed by atoms with E-state index in [1.807, 2.05) is 37.3 Å². The predicted octanol–water partition coefficient (Wildman–Crippen LogP) is 3.17. The van der Waals surface area contributed by atoms with Gasteiger partial charge in [-0.1, -0.05) is 37.3 Å². The van der Waals surface area contributed by atoms with Gasteiger partial charge in [-0.2, -0.15) is 0 Å². The second-order valence-electron chi connectivity index (χ2n) is 7.18. The summed E-state index contributed by atoms with van der Waals surface area (Å²) < 4.78 is 27.7. The summed E-state index contributed by atoms with van der Waals surface area (Å²) >= 11 is 0. The van der Waals surface area contributed by atoms with Gasteiger partial charge in [0.15, 0.2) is 0 Å². The highest BCUT2D eigenvalue weighted by Gasteiger charge is 2.20. The lowest BCUT2D eigenvalue weighted by Crippen LogP contribution is -2.47. The number of nitrogens with one attached hydrogen (secondary N) is 1. The standard InChI is InChI=1S/C22H25N5O2S/c1-2-18-8-10-21(11-9-18)30(28,29)25-19-16-23-22(24-17-19)27-14-12-26(13-15-27)20-6-4-3-5-7-20/h3-11,16-17,25H,2,12-15H2,1H3. The van der Waals surface area contributed by atoms with Crippen molar-refractivity contribution >= 4 is 27.3 Å². The minimum Gasteiger partial charge on any atom is -0.368 e. The van der Waals surface area contributed by atoms with Crippen LogP contribution in [0.2, 0.25) is 0 Å². The van der Waals surface area contributed by atoms with Gasteiger partial charge < -0.3 is 9.80 Å². The highest BCUT2D eigenvalue weighted by molar-refractivity contribution is 7.92. The summed E-state index contributed by atoms with van der Waals surface area (Å²) in [7, 11) is -3.66. The third-order valence-electron chi connectivity index (χ3n) is 5.22. The average Bonchev–Trinajstić information content (AvgIpc) is 2.80. The molecule has 0 aliphatic carbocycles. The molecule has 156 valence electrons. The molecule has 0 radical (unpaired) electrons. The van der Waals surface area contributed by atoms with Crippen LogP contribution >= 0.6 is 0 Å². The number of aryl methyl sites for hydroxylation is 1. The van der Waals surface area contributed by atoms with E-state index < -0.39 is 10.0 Å². The second kappa shape index (κ2) is 8.71. The summed E-state index contributed by atoms with van der Waals surface area (Å²) in [5.41, 5.74) is 2.66. The SMILES string of the molecule is CCc1ccc(S(=O)(=O)Nc2cnc(N3CCN(c4ccccc4)CC3)nc2)cc1. The fraction of sp³-hybridized carbons (Fsp3) is 0.273. The number of anilines is 3. The van der Waals surface area contributed by atoms with Crippen molar-refractivity contribution in [2.45, 2.75) is 18.2 Å². The molecule has 1 aliphatic rings. The number of benzene rings is 2. The van der Waals surface area contributed by atoms with Crippen molar-refractivity contribution in [2.75, 3.05) is 40.7 Å². The Balaban J connectivity index is 1.38. The monoisotopic (exact) mass is 423 g/mol. The molecule has 7 nitrogen and oxygen atoms in total. The highest BCUT2D eigenvalue weighted by Crippen LogP contribution is 2.20. The van der Waals surface area contributed by atoms with E-state index in [1.54, 1.807) is 12.1 Å². The van der Waals surface area contributed by atoms with Crippen LogP contribution < -0.4 is 14.5 Å². The zero-order valence-electron chi connectivity index (χ0n) is 16.9. The van der Waals surface area contributed by atoms with Gasteiger partial charge in [-0.25, -0.2) is 18.4 Å². The van der Waals surface area contributed by atoms with Crippen molar-refractivity contribution < 1.29 is 8.42 Å². The lowest BCUT2D eigenvalue weighted by molar-refractivity contribution is 0.601. The molecule has 1 saturated heterocycles. The molecule has 4 rings (SSSR count). The first-order chi connectivity index (χ1) is 14.5. The molecule has 2 aromatic carbocycles. The number of hydrogen-bond acceptors (Lipinski definition) is 6. The highest BCUT2D eigenvalue weighted by atomic mass is 32.2. The van der Waals surface area contributed by atoms with E-state index in [4.69, 9.17) is 0 Å². The Morgan fingerprint density at radius 1 is 0.867 bits per heavy atom. The van der Waals surface area contributed by atoms with E-state index in [2.05, 4.69) is 36.6 Å². The van der Waals surface area contributed by atoms with Gasteiger partial charge in [0.2, 0.25) is 5.95 Å². The summed E-state index contributed by atoms with van der Waals surface area (Å²) in [5.74, 6) is 0.609. The third kappa shape index (κ3) is 4.54. The first kappa shape index (κ1) is 20.2. The van der Waals surface area contributed by atoms with Crippen molar-refractivity contribution in [3.63, 3.8) is 0 Å². The van der Waals surface area contributed by atoms with E-state index in [0.717, 1.165) is 38.2 Å². The van der Waals surface area contributed by atoms with Crippen LogP contribution in [-0.4, -0.2) is 44.6 Å².